The van der Waals surface area contributed by atoms with Crippen LogP contribution >= 0.6 is 0 Å². The Kier molecular flexibility index (Phi) is 8.20. The molecule has 0 fully saturated rings. The van der Waals surface area contributed by atoms with E-state index in [-0.39, 0.29) is 0 Å². The second-order valence-electron chi connectivity index (χ2n) is 4.16. The molecule has 0 aromatic rings. The minimum absolute atomic E-state index is 0.308. The van der Waals surface area contributed by atoms with Crippen molar-refractivity contribution in [1.29, 1.82) is 0 Å². The average molecular weight is 200 g/mol. The van der Waals surface area contributed by atoms with Crippen LogP contribution < -0.4 is 11.1 Å². The van der Waals surface area contributed by atoms with Crippen LogP contribution in [0.1, 0.15) is 59.3 Å². The van der Waals surface area contributed by atoms with Crippen LogP contribution in [-0.4, -0.2) is 18.6 Å². The molecule has 86 valence electrons. The first-order valence-electron chi connectivity index (χ1n) is 6.19. The highest BCUT2D eigenvalue weighted by atomic mass is 15.0. The number of rotatable bonds is 9. The molecule has 0 aliphatic rings. The molecule has 0 saturated heterocycles. The topological polar surface area (TPSA) is 38.0 Å². The minimum atomic E-state index is 0.308. The quantitative estimate of drug-likeness (QED) is 0.562. The fraction of sp³-hybridized carbons (Fsp3) is 1.00. The highest BCUT2D eigenvalue weighted by molar-refractivity contribution is 4.85. The summed E-state index contributed by atoms with van der Waals surface area (Å²) in [7, 11) is 0. The smallest absolute Gasteiger partial charge is 0.0188 e. The first kappa shape index (κ1) is 13.9. The van der Waals surface area contributed by atoms with E-state index in [1.54, 1.807) is 0 Å². The Hall–Kier alpha value is -0.0800. The predicted octanol–water partition coefficient (Wildman–Crippen LogP) is 2.67. The highest BCUT2D eigenvalue weighted by Crippen LogP contribution is 2.18. The summed E-state index contributed by atoms with van der Waals surface area (Å²) in [4.78, 5) is 0. The highest BCUT2D eigenvalue weighted by Gasteiger charge is 2.23. The Morgan fingerprint density at radius 1 is 1.07 bits per heavy atom. The van der Waals surface area contributed by atoms with Crippen molar-refractivity contribution in [3.8, 4) is 0 Å². The third kappa shape index (κ3) is 4.97. The summed E-state index contributed by atoms with van der Waals surface area (Å²) >= 11 is 0. The summed E-state index contributed by atoms with van der Waals surface area (Å²) in [6.45, 7) is 8.70. The van der Waals surface area contributed by atoms with Gasteiger partial charge >= 0.3 is 0 Å². The van der Waals surface area contributed by atoms with Crippen LogP contribution in [0, 0.1) is 0 Å². The van der Waals surface area contributed by atoms with Crippen LogP contribution in [0.2, 0.25) is 0 Å². The van der Waals surface area contributed by atoms with E-state index in [1.165, 1.54) is 32.1 Å². The molecule has 0 heterocycles. The first-order chi connectivity index (χ1) is 6.74. The molecule has 2 nitrogen and oxygen atoms in total. The van der Waals surface area contributed by atoms with Crippen molar-refractivity contribution in [1.82, 2.24) is 5.32 Å². The molecule has 0 aromatic carbocycles. The Balaban J connectivity index is 3.82. The van der Waals surface area contributed by atoms with Crippen LogP contribution in [0.3, 0.4) is 0 Å². The molecule has 0 radical (unpaired) electrons. The van der Waals surface area contributed by atoms with E-state index in [9.17, 15) is 0 Å². The van der Waals surface area contributed by atoms with E-state index in [0.29, 0.717) is 5.54 Å². The second kappa shape index (κ2) is 8.25. The molecule has 3 N–H and O–H groups in total. The number of nitrogens with one attached hydrogen (secondary N) is 1. The average Bonchev–Trinajstić information content (AvgIpc) is 2.23. The maximum atomic E-state index is 5.66. The van der Waals surface area contributed by atoms with Gasteiger partial charge in [0.1, 0.15) is 0 Å². The van der Waals surface area contributed by atoms with Gasteiger partial charge in [0.25, 0.3) is 0 Å². The maximum absolute atomic E-state index is 5.66. The van der Waals surface area contributed by atoms with Gasteiger partial charge in [-0.2, -0.15) is 0 Å². The number of hydrogen-bond donors (Lipinski definition) is 2. The van der Waals surface area contributed by atoms with Gasteiger partial charge in [0.2, 0.25) is 0 Å². The SMILES string of the molecule is CCCCCNC(CC)(CC)CCN. The summed E-state index contributed by atoms with van der Waals surface area (Å²) in [6.07, 6.45) is 7.40. The van der Waals surface area contributed by atoms with Crippen molar-refractivity contribution < 1.29 is 0 Å². The monoisotopic (exact) mass is 200 g/mol. The Morgan fingerprint density at radius 3 is 2.14 bits per heavy atom. The van der Waals surface area contributed by atoms with E-state index >= 15 is 0 Å². The van der Waals surface area contributed by atoms with E-state index in [1.807, 2.05) is 0 Å². The zero-order valence-corrected chi connectivity index (χ0v) is 10.2. The van der Waals surface area contributed by atoms with Gasteiger partial charge in [0, 0.05) is 5.54 Å². The van der Waals surface area contributed by atoms with Crippen molar-refractivity contribution in [2.24, 2.45) is 5.73 Å². The fourth-order valence-corrected chi connectivity index (χ4v) is 1.95. The Labute approximate surface area is 89.6 Å². The minimum Gasteiger partial charge on any atom is -0.330 e. The van der Waals surface area contributed by atoms with E-state index < -0.39 is 0 Å². The largest absolute Gasteiger partial charge is 0.330 e. The van der Waals surface area contributed by atoms with Crippen LogP contribution in [0.5, 0.6) is 0 Å². The molecular weight excluding hydrogens is 172 g/mol. The van der Waals surface area contributed by atoms with Gasteiger partial charge in [0.05, 0.1) is 0 Å². The van der Waals surface area contributed by atoms with E-state index in [2.05, 4.69) is 26.1 Å². The molecule has 0 atom stereocenters. The van der Waals surface area contributed by atoms with Crippen molar-refractivity contribution in [3.63, 3.8) is 0 Å². The lowest BCUT2D eigenvalue weighted by Gasteiger charge is -2.33. The third-order valence-electron chi connectivity index (χ3n) is 3.26. The van der Waals surface area contributed by atoms with Crippen molar-refractivity contribution in [2.75, 3.05) is 13.1 Å². The molecule has 0 aliphatic carbocycles. The molecule has 0 saturated carbocycles. The van der Waals surface area contributed by atoms with E-state index in [0.717, 1.165) is 19.5 Å². The Morgan fingerprint density at radius 2 is 1.71 bits per heavy atom. The molecule has 2 heteroatoms. The third-order valence-corrected chi connectivity index (χ3v) is 3.26. The van der Waals surface area contributed by atoms with Crippen molar-refractivity contribution in [3.05, 3.63) is 0 Å². The van der Waals surface area contributed by atoms with Gasteiger partial charge < -0.3 is 11.1 Å². The van der Waals surface area contributed by atoms with Crippen LogP contribution in [0.25, 0.3) is 0 Å². The lowest BCUT2D eigenvalue weighted by molar-refractivity contribution is 0.282. The van der Waals surface area contributed by atoms with Crippen LogP contribution in [0.15, 0.2) is 0 Å². The molecule has 0 amide bonds. The zero-order valence-electron chi connectivity index (χ0n) is 10.2. The molecule has 0 unspecified atom stereocenters. The first-order valence-corrected chi connectivity index (χ1v) is 6.19. The maximum Gasteiger partial charge on any atom is 0.0188 e. The van der Waals surface area contributed by atoms with Gasteiger partial charge in [0.15, 0.2) is 0 Å². The summed E-state index contributed by atoms with van der Waals surface area (Å²) in [5.41, 5.74) is 5.96. The Bertz CT molecular complexity index is 119. The van der Waals surface area contributed by atoms with Gasteiger partial charge in [-0.1, -0.05) is 33.6 Å². The zero-order chi connectivity index (χ0) is 10.9. The molecule has 0 bridgehead atoms. The van der Waals surface area contributed by atoms with E-state index in [4.69, 9.17) is 5.73 Å². The van der Waals surface area contributed by atoms with Crippen LogP contribution in [0.4, 0.5) is 0 Å². The number of unbranched alkanes of at least 4 members (excludes halogenated alkanes) is 2. The molecule has 0 aliphatic heterocycles. The number of nitrogens with two attached hydrogens (primary N) is 1. The molecule has 14 heavy (non-hydrogen) atoms. The standard InChI is InChI=1S/C12H28N2/c1-4-7-8-11-14-12(5-2,6-3)9-10-13/h14H,4-11,13H2,1-3H3. The molecular formula is C12H28N2. The lowest BCUT2D eigenvalue weighted by atomic mass is 9.89. The van der Waals surface area contributed by atoms with Crippen LogP contribution in [-0.2, 0) is 0 Å². The molecule has 0 rings (SSSR count). The van der Waals surface area contributed by atoms with Crippen molar-refractivity contribution >= 4 is 0 Å². The second-order valence-corrected chi connectivity index (χ2v) is 4.16. The van der Waals surface area contributed by atoms with Gasteiger partial charge in [-0.15, -0.1) is 0 Å². The summed E-state index contributed by atoms with van der Waals surface area (Å²) in [6, 6.07) is 0. The normalized spacial score (nSPS) is 12.0. The summed E-state index contributed by atoms with van der Waals surface area (Å²) in [5.74, 6) is 0. The van der Waals surface area contributed by atoms with Gasteiger partial charge in [-0.3, -0.25) is 0 Å². The molecule has 0 spiro atoms. The predicted molar refractivity (Wildman–Crippen MR) is 64.5 cm³/mol. The summed E-state index contributed by atoms with van der Waals surface area (Å²) < 4.78 is 0. The summed E-state index contributed by atoms with van der Waals surface area (Å²) in [5, 5.41) is 3.69. The molecule has 0 aromatic heterocycles. The van der Waals surface area contributed by atoms with Gasteiger partial charge in [-0.05, 0) is 38.8 Å². The van der Waals surface area contributed by atoms with Gasteiger partial charge in [-0.25, -0.2) is 0 Å². The lowest BCUT2D eigenvalue weighted by Crippen LogP contribution is -2.46. The number of hydrogen-bond acceptors (Lipinski definition) is 2. The fourth-order valence-electron chi connectivity index (χ4n) is 1.95. The van der Waals surface area contributed by atoms with Crippen molar-refractivity contribution in [2.45, 2.75) is 64.8 Å².